The standard InChI is InChI=1S/C15H17N3O2/c1-10(2)19-14-6-4-5-13-12(14)7-8-18(13)9-15-17-16-11(3)20-15/h4-8,10H,9H2,1-3H3. The molecule has 0 saturated carbocycles. The lowest BCUT2D eigenvalue weighted by atomic mass is 10.2. The van der Waals surface area contributed by atoms with Gasteiger partial charge in [0.15, 0.2) is 0 Å². The number of aryl methyl sites for hydroxylation is 1. The van der Waals surface area contributed by atoms with Gasteiger partial charge in [0, 0.05) is 18.5 Å². The van der Waals surface area contributed by atoms with E-state index in [0.717, 1.165) is 16.7 Å². The van der Waals surface area contributed by atoms with Crippen LogP contribution in [0.4, 0.5) is 0 Å². The maximum Gasteiger partial charge on any atom is 0.236 e. The molecule has 1 aromatic carbocycles. The lowest BCUT2D eigenvalue weighted by molar-refractivity contribution is 0.245. The molecule has 0 saturated heterocycles. The summed E-state index contributed by atoms with van der Waals surface area (Å²) in [6.07, 6.45) is 2.17. The van der Waals surface area contributed by atoms with E-state index in [1.807, 2.05) is 32.2 Å². The second kappa shape index (κ2) is 5.00. The van der Waals surface area contributed by atoms with Gasteiger partial charge >= 0.3 is 0 Å². The van der Waals surface area contributed by atoms with Gasteiger partial charge in [0.05, 0.1) is 11.6 Å². The Hall–Kier alpha value is -2.30. The molecule has 0 unspecified atom stereocenters. The molecule has 0 amide bonds. The molecule has 0 aliphatic heterocycles. The van der Waals surface area contributed by atoms with Crippen LogP contribution in [0.25, 0.3) is 10.9 Å². The zero-order chi connectivity index (χ0) is 14.1. The highest BCUT2D eigenvalue weighted by atomic mass is 16.5. The zero-order valence-electron chi connectivity index (χ0n) is 11.8. The van der Waals surface area contributed by atoms with Crippen molar-refractivity contribution in [2.45, 2.75) is 33.4 Å². The minimum Gasteiger partial charge on any atom is -0.490 e. The fourth-order valence-electron chi connectivity index (χ4n) is 2.24. The Bertz CT molecular complexity index is 728. The Kier molecular flexibility index (Phi) is 3.18. The van der Waals surface area contributed by atoms with Gasteiger partial charge in [-0.2, -0.15) is 0 Å². The van der Waals surface area contributed by atoms with E-state index in [1.54, 1.807) is 6.92 Å². The van der Waals surface area contributed by atoms with Crippen molar-refractivity contribution in [2.75, 3.05) is 0 Å². The Morgan fingerprint density at radius 2 is 2.10 bits per heavy atom. The summed E-state index contributed by atoms with van der Waals surface area (Å²) in [6, 6.07) is 8.10. The van der Waals surface area contributed by atoms with Crippen LogP contribution in [0.5, 0.6) is 5.75 Å². The van der Waals surface area contributed by atoms with Crippen molar-refractivity contribution in [3.63, 3.8) is 0 Å². The van der Waals surface area contributed by atoms with Crippen LogP contribution in [0.2, 0.25) is 0 Å². The fraction of sp³-hybridized carbons (Fsp3) is 0.333. The predicted molar refractivity (Wildman–Crippen MR) is 75.8 cm³/mol. The van der Waals surface area contributed by atoms with Crippen molar-refractivity contribution in [1.29, 1.82) is 0 Å². The Labute approximate surface area is 117 Å². The summed E-state index contributed by atoms with van der Waals surface area (Å²) in [6.45, 7) is 6.41. The molecule has 0 fully saturated rings. The van der Waals surface area contributed by atoms with Crippen molar-refractivity contribution in [3.05, 3.63) is 42.2 Å². The second-order valence-corrected chi connectivity index (χ2v) is 5.01. The van der Waals surface area contributed by atoms with Gasteiger partial charge in [0.25, 0.3) is 0 Å². The number of rotatable bonds is 4. The van der Waals surface area contributed by atoms with E-state index in [4.69, 9.17) is 9.15 Å². The maximum atomic E-state index is 5.83. The van der Waals surface area contributed by atoms with Crippen molar-refractivity contribution >= 4 is 10.9 Å². The molecule has 0 aliphatic rings. The number of hydrogen-bond donors (Lipinski definition) is 0. The van der Waals surface area contributed by atoms with Crippen molar-refractivity contribution in [1.82, 2.24) is 14.8 Å². The minimum atomic E-state index is 0.155. The molecule has 20 heavy (non-hydrogen) atoms. The number of benzene rings is 1. The highest BCUT2D eigenvalue weighted by molar-refractivity contribution is 5.86. The first-order chi connectivity index (χ1) is 9.63. The van der Waals surface area contributed by atoms with Gasteiger partial charge in [-0.25, -0.2) is 0 Å². The van der Waals surface area contributed by atoms with E-state index < -0.39 is 0 Å². The third-order valence-electron chi connectivity index (χ3n) is 3.01. The summed E-state index contributed by atoms with van der Waals surface area (Å²) in [5, 5.41) is 8.97. The number of ether oxygens (including phenoxy) is 1. The molecule has 0 N–H and O–H groups in total. The van der Waals surface area contributed by atoms with Gasteiger partial charge in [-0.3, -0.25) is 0 Å². The van der Waals surface area contributed by atoms with Crippen LogP contribution in [0.1, 0.15) is 25.6 Å². The summed E-state index contributed by atoms with van der Waals surface area (Å²) in [5.74, 6) is 2.09. The lowest BCUT2D eigenvalue weighted by Gasteiger charge is -2.11. The van der Waals surface area contributed by atoms with E-state index in [9.17, 15) is 0 Å². The molecule has 0 spiro atoms. The summed E-state index contributed by atoms with van der Waals surface area (Å²) in [5.41, 5.74) is 1.10. The minimum absolute atomic E-state index is 0.155. The first kappa shape index (κ1) is 12.7. The quantitative estimate of drug-likeness (QED) is 0.731. The smallest absolute Gasteiger partial charge is 0.236 e. The van der Waals surface area contributed by atoms with Crippen LogP contribution in [-0.2, 0) is 6.54 Å². The molecule has 5 nitrogen and oxygen atoms in total. The number of nitrogens with zero attached hydrogens (tertiary/aromatic N) is 3. The summed E-state index contributed by atoms with van der Waals surface area (Å²) >= 11 is 0. The third-order valence-corrected chi connectivity index (χ3v) is 3.01. The normalized spacial score (nSPS) is 11.4. The second-order valence-electron chi connectivity index (χ2n) is 5.01. The van der Waals surface area contributed by atoms with Crippen LogP contribution in [-0.4, -0.2) is 20.9 Å². The molecule has 2 heterocycles. The topological polar surface area (TPSA) is 53.1 Å². The maximum absolute atomic E-state index is 5.83. The van der Waals surface area contributed by atoms with Gasteiger partial charge in [0.2, 0.25) is 11.8 Å². The third kappa shape index (κ3) is 2.39. The molecule has 5 heteroatoms. The first-order valence-corrected chi connectivity index (χ1v) is 6.67. The molecule has 0 aliphatic carbocycles. The molecule has 0 bridgehead atoms. The van der Waals surface area contributed by atoms with Crippen molar-refractivity contribution in [2.24, 2.45) is 0 Å². The molecular formula is C15H17N3O2. The van der Waals surface area contributed by atoms with Gasteiger partial charge in [-0.15, -0.1) is 10.2 Å². The SMILES string of the molecule is Cc1nnc(Cn2ccc3c(OC(C)C)cccc32)o1. The lowest BCUT2D eigenvalue weighted by Crippen LogP contribution is -2.05. The highest BCUT2D eigenvalue weighted by Gasteiger charge is 2.10. The van der Waals surface area contributed by atoms with Crippen LogP contribution in [0, 0.1) is 6.92 Å². The number of fused-ring (bicyclic) bond motifs is 1. The zero-order valence-corrected chi connectivity index (χ0v) is 11.8. The van der Waals surface area contributed by atoms with Gasteiger partial charge < -0.3 is 13.7 Å². The molecular weight excluding hydrogens is 254 g/mol. The molecule has 3 aromatic rings. The highest BCUT2D eigenvalue weighted by Crippen LogP contribution is 2.27. The largest absolute Gasteiger partial charge is 0.490 e. The number of hydrogen-bond acceptors (Lipinski definition) is 4. The van der Waals surface area contributed by atoms with Crippen LogP contribution in [0.3, 0.4) is 0 Å². The van der Waals surface area contributed by atoms with Crippen LogP contribution in [0.15, 0.2) is 34.9 Å². The molecule has 0 atom stereocenters. The predicted octanol–water partition coefficient (Wildman–Crippen LogP) is 3.17. The Balaban J connectivity index is 1.97. The molecule has 0 radical (unpaired) electrons. The fourth-order valence-corrected chi connectivity index (χ4v) is 2.24. The monoisotopic (exact) mass is 271 g/mol. The average molecular weight is 271 g/mol. The van der Waals surface area contributed by atoms with Gasteiger partial charge in [-0.1, -0.05) is 6.07 Å². The molecule has 104 valence electrons. The van der Waals surface area contributed by atoms with E-state index in [1.165, 1.54) is 0 Å². The van der Waals surface area contributed by atoms with Gasteiger partial charge in [-0.05, 0) is 32.0 Å². The van der Waals surface area contributed by atoms with Crippen LogP contribution >= 0.6 is 0 Å². The Morgan fingerprint density at radius 3 is 2.80 bits per heavy atom. The summed E-state index contributed by atoms with van der Waals surface area (Å²) in [4.78, 5) is 0. The molecule has 3 rings (SSSR count). The average Bonchev–Trinajstić information content (AvgIpc) is 2.97. The van der Waals surface area contributed by atoms with Gasteiger partial charge in [0.1, 0.15) is 12.3 Å². The van der Waals surface area contributed by atoms with E-state index in [-0.39, 0.29) is 6.10 Å². The number of aromatic nitrogens is 3. The Morgan fingerprint density at radius 1 is 1.25 bits per heavy atom. The van der Waals surface area contributed by atoms with Crippen molar-refractivity contribution < 1.29 is 9.15 Å². The van der Waals surface area contributed by atoms with E-state index >= 15 is 0 Å². The first-order valence-electron chi connectivity index (χ1n) is 6.67. The van der Waals surface area contributed by atoms with Crippen LogP contribution < -0.4 is 4.74 Å². The van der Waals surface area contributed by atoms with E-state index in [2.05, 4.69) is 26.9 Å². The van der Waals surface area contributed by atoms with E-state index in [0.29, 0.717) is 18.3 Å². The molecule has 2 aromatic heterocycles. The summed E-state index contributed by atoms with van der Waals surface area (Å²) in [7, 11) is 0. The summed E-state index contributed by atoms with van der Waals surface area (Å²) < 4.78 is 13.3. The van der Waals surface area contributed by atoms with Crippen molar-refractivity contribution in [3.8, 4) is 5.75 Å².